The molecule has 8 nitrogen and oxygen atoms in total. The molecule has 0 aliphatic carbocycles. The maximum absolute atomic E-state index is 12.7. The van der Waals surface area contributed by atoms with Crippen molar-refractivity contribution in [1.29, 1.82) is 0 Å². The molecule has 0 bridgehead atoms. The third kappa shape index (κ3) is 4.31. The van der Waals surface area contributed by atoms with E-state index in [2.05, 4.69) is 15.4 Å². The van der Waals surface area contributed by atoms with Crippen molar-refractivity contribution >= 4 is 33.3 Å². The summed E-state index contributed by atoms with van der Waals surface area (Å²) in [6.07, 6.45) is 4.91. The van der Waals surface area contributed by atoms with E-state index in [0.717, 1.165) is 13.0 Å². The van der Waals surface area contributed by atoms with E-state index in [1.807, 2.05) is 6.92 Å². The number of nitrogens with zero attached hydrogens (tertiary/aromatic N) is 4. The molecule has 0 saturated carbocycles. The molecule has 0 radical (unpaired) electrons. The molecule has 3 heterocycles. The number of nitrogens with one attached hydrogen (secondary N) is 1. The van der Waals surface area contributed by atoms with Gasteiger partial charge in [0, 0.05) is 37.8 Å². The number of aromatic nitrogens is 3. The van der Waals surface area contributed by atoms with Gasteiger partial charge in [-0.15, -0.1) is 0 Å². The van der Waals surface area contributed by atoms with Gasteiger partial charge in [0.15, 0.2) is 0 Å². The highest BCUT2D eigenvalue weighted by molar-refractivity contribution is 7.89. The van der Waals surface area contributed by atoms with Crippen molar-refractivity contribution in [3.05, 3.63) is 35.7 Å². The van der Waals surface area contributed by atoms with Gasteiger partial charge in [0.2, 0.25) is 15.9 Å². The van der Waals surface area contributed by atoms with Gasteiger partial charge in [-0.25, -0.2) is 18.1 Å². The van der Waals surface area contributed by atoms with Crippen molar-refractivity contribution in [2.24, 2.45) is 5.92 Å². The summed E-state index contributed by atoms with van der Waals surface area (Å²) in [5, 5.41) is 7.05. The summed E-state index contributed by atoms with van der Waals surface area (Å²) in [5.74, 6) is 0.314. The van der Waals surface area contributed by atoms with Gasteiger partial charge < -0.3 is 5.32 Å². The van der Waals surface area contributed by atoms with Crippen molar-refractivity contribution in [3.8, 4) is 0 Å². The van der Waals surface area contributed by atoms with Gasteiger partial charge in [-0.05, 0) is 31.4 Å². The summed E-state index contributed by atoms with van der Waals surface area (Å²) in [6, 6.07) is 4.74. The Bertz CT molecular complexity index is 907. The predicted molar refractivity (Wildman–Crippen MR) is 102 cm³/mol. The number of hydrogen-bond donors (Lipinski definition) is 1. The monoisotopic (exact) mass is 411 g/mol. The second-order valence-electron chi connectivity index (χ2n) is 6.40. The van der Waals surface area contributed by atoms with Gasteiger partial charge in [0.1, 0.15) is 15.9 Å². The van der Waals surface area contributed by atoms with E-state index in [1.165, 1.54) is 16.6 Å². The van der Waals surface area contributed by atoms with Crippen LogP contribution in [0.15, 0.2) is 35.5 Å². The van der Waals surface area contributed by atoms with Crippen LogP contribution in [0.5, 0.6) is 0 Å². The van der Waals surface area contributed by atoms with E-state index in [4.69, 9.17) is 11.6 Å². The molecule has 10 heteroatoms. The van der Waals surface area contributed by atoms with Crippen LogP contribution in [0.1, 0.15) is 26.2 Å². The number of aryl methyl sites for hydroxylation is 1. The Morgan fingerprint density at radius 2 is 2.04 bits per heavy atom. The van der Waals surface area contributed by atoms with E-state index < -0.39 is 10.0 Å². The zero-order valence-corrected chi connectivity index (χ0v) is 16.6. The molecule has 146 valence electrons. The lowest BCUT2D eigenvalue weighted by molar-refractivity contribution is -0.121. The molecule has 1 aliphatic rings. The van der Waals surface area contributed by atoms with Crippen molar-refractivity contribution < 1.29 is 13.2 Å². The summed E-state index contributed by atoms with van der Waals surface area (Å²) in [5.41, 5.74) is 0. The summed E-state index contributed by atoms with van der Waals surface area (Å²) in [6.45, 7) is 3.29. The Balaban J connectivity index is 1.62. The number of hydrogen-bond acceptors (Lipinski definition) is 5. The number of sulfonamides is 1. The van der Waals surface area contributed by atoms with Gasteiger partial charge in [-0.3, -0.25) is 4.79 Å². The first-order chi connectivity index (χ1) is 12.9. The first kappa shape index (κ1) is 19.8. The van der Waals surface area contributed by atoms with Crippen molar-refractivity contribution in [2.75, 3.05) is 18.4 Å². The quantitative estimate of drug-likeness (QED) is 0.736. The van der Waals surface area contributed by atoms with Gasteiger partial charge in [0.05, 0.1) is 6.20 Å². The summed E-state index contributed by atoms with van der Waals surface area (Å²) >= 11 is 5.94. The van der Waals surface area contributed by atoms with E-state index in [-0.39, 0.29) is 35.0 Å². The number of amides is 1. The third-order valence-electron chi connectivity index (χ3n) is 4.57. The molecule has 0 spiro atoms. The van der Waals surface area contributed by atoms with E-state index in [0.29, 0.717) is 18.7 Å². The van der Waals surface area contributed by atoms with E-state index in [1.54, 1.807) is 23.0 Å². The molecular weight excluding hydrogens is 390 g/mol. The Kier molecular flexibility index (Phi) is 6.13. The number of piperidine rings is 1. The van der Waals surface area contributed by atoms with Gasteiger partial charge in [-0.2, -0.15) is 9.40 Å². The molecule has 1 N–H and O–H groups in total. The zero-order valence-electron chi connectivity index (χ0n) is 15.0. The number of pyridine rings is 1. The molecule has 3 rings (SSSR count). The Morgan fingerprint density at radius 3 is 2.70 bits per heavy atom. The first-order valence-electron chi connectivity index (χ1n) is 8.87. The largest absolute Gasteiger partial charge is 0.311 e. The predicted octanol–water partition coefficient (Wildman–Crippen LogP) is 2.38. The highest BCUT2D eigenvalue weighted by atomic mass is 35.5. The minimum Gasteiger partial charge on any atom is -0.311 e. The van der Waals surface area contributed by atoms with E-state index >= 15 is 0 Å². The highest BCUT2D eigenvalue weighted by Gasteiger charge is 2.33. The van der Waals surface area contributed by atoms with Crippen LogP contribution in [0, 0.1) is 5.92 Å². The number of anilines is 1. The van der Waals surface area contributed by atoms with Crippen molar-refractivity contribution in [2.45, 2.75) is 37.6 Å². The summed E-state index contributed by atoms with van der Waals surface area (Å²) < 4.78 is 28.6. The number of halogens is 1. The Morgan fingerprint density at radius 1 is 1.30 bits per heavy atom. The normalized spacial score (nSPS) is 16.4. The molecule has 0 atom stereocenters. The number of rotatable bonds is 6. The van der Waals surface area contributed by atoms with Crippen LogP contribution in [0.2, 0.25) is 5.15 Å². The second kappa shape index (κ2) is 8.37. The molecule has 1 aliphatic heterocycles. The lowest BCUT2D eigenvalue weighted by atomic mass is 9.97. The molecule has 2 aromatic heterocycles. The van der Waals surface area contributed by atoms with Gasteiger partial charge in [-0.1, -0.05) is 18.5 Å². The van der Waals surface area contributed by atoms with Crippen LogP contribution < -0.4 is 5.32 Å². The fourth-order valence-electron chi connectivity index (χ4n) is 3.12. The summed E-state index contributed by atoms with van der Waals surface area (Å²) in [7, 11) is -3.71. The van der Waals surface area contributed by atoms with Gasteiger partial charge in [0.25, 0.3) is 0 Å². The number of carbonyl (C=O) groups excluding carboxylic acids is 1. The zero-order chi connectivity index (χ0) is 19.4. The topological polar surface area (TPSA) is 97.2 Å². The first-order valence-corrected chi connectivity index (χ1v) is 10.7. The molecule has 1 amide bonds. The maximum atomic E-state index is 12.7. The standard InChI is InChI=1S/C17H22ClN5O3S/c1-2-10-23-15(5-9-20-23)21-17(24)13-6-11-22(12-7-13)27(25,26)14-4-3-8-19-16(14)18/h3-5,8-9,13H,2,6-7,10-12H2,1H3,(H,21,24). The smallest absolute Gasteiger partial charge is 0.246 e. The Hall–Kier alpha value is -1.97. The molecule has 1 fully saturated rings. The summed E-state index contributed by atoms with van der Waals surface area (Å²) in [4.78, 5) is 16.4. The molecule has 27 heavy (non-hydrogen) atoms. The fourth-order valence-corrected chi connectivity index (χ4v) is 5.02. The van der Waals surface area contributed by atoms with Crippen LogP contribution in [0.4, 0.5) is 5.82 Å². The second-order valence-corrected chi connectivity index (χ2v) is 8.66. The van der Waals surface area contributed by atoms with E-state index in [9.17, 15) is 13.2 Å². The van der Waals surface area contributed by atoms with Crippen LogP contribution in [-0.2, 0) is 21.4 Å². The minimum atomic E-state index is -3.71. The van der Waals surface area contributed by atoms with Crippen molar-refractivity contribution in [1.82, 2.24) is 19.1 Å². The lowest BCUT2D eigenvalue weighted by Crippen LogP contribution is -2.41. The van der Waals surface area contributed by atoms with Crippen LogP contribution in [0.3, 0.4) is 0 Å². The third-order valence-corrected chi connectivity index (χ3v) is 6.91. The van der Waals surface area contributed by atoms with Crippen molar-refractivity contribution in [3.63, 3.8) is 0 Å². The lowest BCUT2D eigenvalue weighted by Gasteiger charge is -2.30. The van der Waals surface area contributed by atoms with Gasteiger partial charge >= 0.3 is 0 Å². The van der Waals surface area contributed by atoms with Crippen LogP contribution >= 0.6 is 11.6 Å². The average molecular weight is 412 g/mol. The molecule has 0 aromatic carbocycles. The minimum absolute atomic E-state index is 0.00182. The Labute approximate surface area is 163 Å². The fraction of sp³-hybridized carbons (Fsp3) is 0.471. The molecule has 0 unspecified atom stereocenters. The average Bonchev–Trinajstić information content (AvgIpc) is 3.09. The molecule has 1 saturated heterocycles. The maximum Gasteiger partial charge on any atom is 0.246 e. The highest BCUT2D eigenvalue weighted by Crippen LogP contribution is 2.27. The SMILES string of the molecule is CCCn1nccc1NC(=O)C1CCN(S(=O)(=O)c2cccnc2Cl)CC1. The number of carbonyl (C=O) groups is 1. The van der Waals surface area contributed by atoms with Crippen LogP contribution in [0.25, 0.3) is 0 Å². The van der Waals surface area contributed by atoms with Crippen LogP contribution in [-0.4, -0.2) is 46.5 Å². The molecule has 2 aromatic rings. The molecular formula is C17H22ClN5O3S.